The maximum Gasteiger partial charge on any atom is 0.310 e. The average Bonchev–Trinajstić information content (AvgIpc) is 2.67. The van der Waals surface area contributed by atoms with E-state index in [0.29, 0.717) is 17.7 Å². The van der Waals surface area contributed by atoms with Crippen molar-refractivity contribution in [3.05, 3.63) is 73.3 Å². The van der Waals surface area contributed by atoms with Crippen LogP contribution in [0.4, 0.5) is 19.4 Å². The third-order valence-corrected chi connectivity index (χ3v) is 5.23. The first kappa shape index (κ1) is 19.1. The van der Waals surface area contributed by atoms with Crippen molar-refractivity contribution in [2.24, 2.45) is 0 Å². The fraction of sp³-hybridized carbons (Fsp3) is 0. The number of hydrogen-bond donors (Lipinski definition) is 0. The van der Waals surface area contributed by atoms with Gasteiger partial charge in [0.15, 0.2) is 0 Å². The first-order chi connectivity index (χ1) is 13.5. The molecule has 0 saturated carbocycles. The van der Waals surface area contributed by atoms with Crippen LogP contribution < -0.4 is 4.74 Å². The quantitative estimate of drug-likeness (QED) is 0.326. The van der Waals surface area contributed by atoms with Crippen molar-refractivity contribution in [2.45, 2.75) is 4.90 Å². The maximum atomic E-state index is 12.9. The van der Waals surface area contributed by atoms with Gasteiger partial charge in [-0.25, -0.2) is 15.0 Å². The van der Waals surface area contributed by atoms with Crippen molar-refractivity contribution in [2.75, 3.05) is 0 Å². The summed E-state index contributed by atoms with van der Waals surface area (Å²) < 4.78 is 69.8. The Bertz CT molecular complexity index is 1220. The van der Waals surface area contributed by atoms with Gasteiger partial charge in [0.25, 0.3) is 0 Å². The van der Waals surface area contributed by atoms with Crippen LogP contribution in [-0.2, 0) is 0 Å². The predicted octanol–water partition coefficient (Wildman–Crippen LogP) is 7.14. The summed E-state index contributed by atoms with van der Waals surface area (Å²) in [6.45, 7) is 0. The summed E-state index contributed by atoms with van der Waals surface area (Å²) in [5.41, 5.74) is 2.02. The van der Waals surface area contributed by atoms with Crippen LogP contribution in [0.15, 0.2) is 78.2 Å². The third kappa shape index (κ3) is 4.11. The van der Waals surface area contributed by atoms with E-state index in [9.17, 15) is 19.4 Å². The summed E-state index contributed by atoms with van der Waals surface area (Å²) >= 11 is 0. The number of pyridine rings is 1. The fourth-order valence-electron chi connectivity index (χ4n) is 2.72. The highest BCUT2D eigenvalue weighted by atomic mass is 32.5. The number of fused-ring (bicyclic) bond motifs is 1. The molecule has 29 heavy (non-hydrogen) atoms. The van der Waals surface area contributed by atoms with Gasteiger partial charge in [-0.15, -0.1) is 0 Å². The van der Waals surface area contributed by atoms with Crippen molar-refractivity contribution < 1.29 is 24.2 Å². The van der Waals surface area contributed by atoms with E-state index in [1.807, 2.05) is 6.07 Å². The topological polar surface area (TPSA) is 47.9 Å². The minimum Gasteiger partial charge on any atom is -0.438 e. The number of benzene rings is 2. The molecule has 4 rings (SSSR count). The molecule has 0 saturated heterocycles. The number of hydrogen-bond acceptors (Lipinski definition) is 4. The van der Waals surface area contributed by atoms with Gasteiger partial charge in [0.1, 0.15) is 17.0 Å². The van der Waals surface area contributed by atoms with Gasteiger partial charge in [-0.1, -0.05) is 25.5 Å². The molecule has 0 bridgehead atoms. The van der Waals surface area contributed by atoms with E-state index in [-0.39, 0.29) is 11.6 Å². The Morgan fingerprint density at radius 2 is 1.59 bits per heavy atom. The Morgan fingerprint density at radius 1 is 0.828 bits per heavy atom. The summed E-state index contributed by atoms with van der Waals surface area (Å²) in [7, 11) is -9.73. The van der Waals surface area contributed by atoms with Gasteiger partial charge in [0, 0.05) is 23.3 Å². The molecule has 150 valence electrons. The average molecular weight is 425 g/mol. The summed E-state index contributed by atoms with van der Waals surface area (Å²) in [5.74, 6) is 0.0588. The Labute approximate surface area is 161 Å². The molecule has 4 nitrogen and oxygen atoms in total. The van der Waals surface area contributed by atoms with Crippen molar-refractivity contribution in [1.82, 2.24) is 15.0 Å². The highest BCUT2D eigenvalue weighted by molar-refractivity contribution is 8.45. The maximum absolute atomic E-state index is 12.9. The molecular formula is C19H12F5N3OS. The Hall–Kier alpha value is -3.27. The molecule has 0 N–H and O–H groups in total. The largest absolute Gasteiger partial charge is 0.438 e. The predicted molar refractivity (Wildman–Crippen MR) is 101 cm³/mol. The van der Waals surface area contributed by atoms with Crippen LogP contribution in [0.25, 0.3) is 22.0 Å². The standard InChI is InChI=1S/C19H12F5N3OS/c20-29(21,22,23,24)16-6-4-15(5-7-16)28-19-17(2-1-9-26-19)13-3-8-18-14(10-13)11-25-12-27-18/h1-12H. The summed E-state index contributed by atoms with van der Waals surface area (Å²) in [4.78, 5) is 10.2. The molecule has 0 amide bonds. The van der Waals surface area contributed by atoms with Crippen LogP contribution in [-0.4, -0.2) is 15.0 Å². The SMILES string of the molecule is FS(F)(F)(F)(F)c1ccc(Oc2ncccc2-c2ccc3ncncc3c2)cc1. The lowest BCUT2D eigenvalue weighted by Crippen LogP contribution is -2.05. The number of halogens is 5. The lowest BCUT2D eigenvalue weighted by atomic mass is 10.1. The molecule has 0 aliphatic heterocycles. The minimum absolute atomic E-state index is 0.0559. The Morgan fingerprint density at radius 3 is 2.31 bits per heavy atom. The van der Waals surface area contributed by atoms with Crippen LogP contribution in [0.1, 0.15) is 0 Å². The van der Waals surface area contributed by atoms with Gasteiger partial charge >= 0.3 is 10.2 Å². The second-order valence-corrected chi connectivity index (χ2v) is 8.60. The van der Waals surface area contributed by atoms with Gasteiger partial charge in [-0.05, 0) is 54.1 Å². The molecule has 4 aromatic rings. The smallest absolute Gasteiger partial charge is 0.310 e. The third-order valence-electron chi connectivity index (χ3n) is 4.07. The van der Waals surface area contributed by atoms with Crippen molar-refractivity contribution in [3.8, 4) is 22.8 Å². The lowest BCUT2D eigenvalue weighted by molar-refractivity contribution is 0.363. The van der Waals surface area contributed by atoms with Gasteiger partial charge < -0.3 is 4.74 Å². The Kier molecular flexibility index (Phi) is 3.86. The molecule has 2 aromatic carbocycles. The van der Waals surface area contributed by atoms with Crippen molar-refractivity contribution in [3.63, 3.8) is 0 Å². The zero-order valence-electron chi connectivity index (χ0n) is 14.5. The number of nitrogens with zero attached hydrogens (tertiary/aromatic N) is 3. The van der Waals surface area contributed by atoms with Crippen LogP contribution >= 0.6 is 10.2 Å². The normalized spacial score (nSPS) is 14.2. The molecule has 2 aromatic heterocycles. The number of ether oxygens (including phenoxy) is 1. The van der Waals surface area contributed by atoms with Crippen LogP contribution in [0, 0.1) is 0 Å². The van der Waals surface area contributed by atoms with Gasteiger partial charge in [0.2, 0.25) is 5.88 Å². The lowest BCUT2D eigenvalue weighted by Gasteiger charge is -2.40. The molecule has 0 unspecified atom stereocenters. The molecule has 0 radical (unpaired) electrons. The van der Waals surface area contributed by atoms with Gasteiger partial charge in [-0.2, -0.15) is 0 Å². The molecule has 0 aliphatic rings. The van der Waals surface area contributed by atoms with E-state index >= 15 is 0 Å². The van der Waals surface area contributed by atoms with Gasteiger partial charge in [-0.3, -0.25) is 0 Å². The van der Waals surface area contributed by atoms with E-state index in [1.54, 1.807) is 30.5 Å². The highest BCUT2D eigenvalue weighted by Crippen LogP contribution is 3.02. The first-order valence-corrected chi connectivity index (χ1v) is 10.1. The highest BCUT2D eigenvalue weighted by Gasteiger charge is 2.65. The fourth-order valence-corrected chi connectivity index (χ4v) is 3.37. The molecule has 0 fully saturated rings. The van der Waals surface area contributed by atoms with Gasteiger partial charge in [0.05, 0.1) is 5.52 Å². The molecule has 0 atom stereocenters. The van der Waals surface area contributed by atoms with Crippen LogP contribution in [0.2, 0.25) is 0 Å². The van der Waals surface area contributed by atoms with E-state index in [2.05, 4.69) is 15.0 Å². The minimum atomic E-state index is -9.73. The zero-order valence-corrected chi connectivity index (χ0v) is 15.3. The van der Waals surface area contributed by atoms with E-state index in [1.165, 1.54) is 12.5 Å². The molecular weight excluding hydrogens is 413 g/mol. The monoisotopic (exact) mass is 425 g/mol. The number of aromatic nitrogens is 3. The Balaban J connectivity index is 1.69. The second-order valence-electron chi connectivity index (χ2n) is 6.19. The van der Waals surface area contributed by atoms with E-state index in [4.69, 9.17) is 4.74 Å². The molecule has 0 spiro atoms. The van der Waals surface area contributed by atoms with Crippen LogP contribution in [0.3, 0.4) is 0 Å². The summed E-state index contributed by atoms with van der Waals surface area (Å²) in [6.07, 6.45) is 4.52. The molecule has 10 heteroatoms. The van der Waals surface area contributed by atoms with Crippen molar-refractivity contribution in [1.29, 1.82) is 0 Å². The van der Waals surface area contributed by atoms with E-state index < -0.39 is 15.1 Å². The van der Waals surface area contributed by atoms with Crippen LogP contribution in [0.5, 0.6) is 11.6 Å². The second kappa shape index (κ2) is 5.86. The first-order valence-electron chi connectivity index (χ1n) is 8.17. The summed E-state index contributed by atoms with van der Waals surface area (Å²) in [5, 5.41) is 0.778. The zero-order chi connectivity index (χ0) is 20.8. The van der Waals surface area contributed by atoms with Crippen molar-refractivity contribution >= 4 is 21.1 Å². The number of rotatable bonds is 4. The summed E-state index contributed by atoms with van der Waals surface area (Å²) in [6, 6.07) is 11.0. The molecule has 2 heterocycles. The molecule has 0 aliphatic carbocycles. The van der Waals surface area contributed by atoms with E-state index in [0.717, 1.165) is 28.6 Å².